The summed E-state index contributed by atoms with van der Waals surface area (Å²) >= 11 is 4.05. The molecule has 0 N–H and O–H groups in total. The van der Waals surface area contributed by atoms with Crippen LogP contribution in [-0.2, 0) is 0 Å². The zero-order valence-corrected chi connectivity index (χ0v) is 12.1. The van der Waals surface area contributed by atoms with Crippen molar-refractivity contribution in [2.24, 2.45) is 0 Å². The Hall–Kier alpha value is -0.380. The second kappa shape index (κ2) is 6.53. The predicted molar refractivity (Wildman–Crippen MR) is 81.4 cm³/mol. The molecule has 0 unspecified atom stereocenters. The lowest BCUT2D eigenvalue weighted by molar-refractivity contribution is 0.463. The number of benzene rings is 1. The molecule has 92 valence electrons. The second-order valence-corrected chi connectivity index (χ2v) is 6.89. The Balaban J connectivity index is 2.30. The van der Waals surface area contributed by atoms with Crippen LogP contribution in [0, 0.1) is 0 Å². The van der Waals surface area contributed by atoms with Crippen LogP contribution in [-0.4, -0.2) is 37.0 Å². The zero-order valence-electron chi connectivity index (χ0n) is 10.5. The first-order valence-corrected chi connectivity index (χ1v) is 7.93. The third-order valence-electron chi connectivity index (χ3n) is 2.60. The molecule has 0 aromatic heterocycles. The van der Waals surface area contributed by atoms with Gasteiger partial charge in [0.15, 0.2) is 0 Å². The average Bonchev–Trinajstić information content (AvgIpc) is 2.38. The van der Waals surface area contributed by atoms with E-state index in [-0.39, 0.29) is 0 Å². The van der Waals surface area contributed by atoms with E-state index in [0.717, 1.165) is 6.54 Å². The Bertz CT molecular complexity index is 376. The van der Waals surface area contributed by atoms with E-state index in [1.807, 2.05) is 23.5 Å². The Morgan fingerprint density at radius 2 is 1.76 bits per heavy atom. The van der Waals surface area contributed by atoms with Gasteiger partial charge in [-0.2, -0.15) is 0 Å². The van der Waals surface area contributed by atoms with Crippen LogP contribution < -0.4 is 0 Å². The highest BCUT2D eigenvalue weighted by molar-refractivity contribution is 8.23. The molecule has 0 amide bonds. The Kier molecular flexibility index (Phi) is 5.01. The predicted octanol–water partition coefficient (Wildman–Crippen LogP) is 3.79. The standard InChI is InChI=1S/C14H19NS2/c1-15(2)11-13(12-7-4-3-5-8-12)14-16-9-6-10-17-14/h3-5,7-8H,6,9-11H2,1-2H3. The van der Waals surface area contributed by atoms with Crippen molar-refractivity contribution in [2.75, 3.05) is 32.1 Å². The lowest BCUT2D eigenvalue weighted by atomic mass is 10.1. The molecule has 17 heavy (non-hydrogen) atoms. The van der Waals surface area contributed by atoms with E-state index in [2.05, 4.69) is 49.3 Å². The zero-order chi connectivity index (χ0) is 12.1. The van der Waals surface area contributed by atoms with Crippen LogP contribution in [0.5, 0.6) is 0 Å². The molecule has 1 heterocycles. The van der Waals surface area contributed by atoms with Crippen LogP contribution in [0.2, 0.25) is 0 Å². The summed E-state index contributed by atoms with van der Waals surface area (Å²) in [5, 5.41) is 0. The van der Waals surface area contributed by atoms with Crippen LogP contribution in [0.3, 0.4) is 0 Å². The van der Waals surface area contributed by atoms with E-state index in [4.69, 9.17) is 0 Å². The minimum absolute atomic E-state index is 1.03. The van der Waals surface area contributed by atoms with Gasteiger partial charge in [-0.25, -0.2) is 0 Å². The molecule has 3 heteroatoms. The molecule has 0 radical (unpaired) electrons. The molecule has 1 aliphatic heterocycles. The number of nitrogens with zero attached hydrogens (tertiary/aromatic N) is 1. The van der Waals surface area contributed by atoms with Crippen LogP contribution in [0.25, 0.3) is 5.57 Å². The van der Waals surface area contributed by atoms with Crippen LogP contribution >= 0.6 is 23.5 Å². The van der Waals surface area contributed by atoms with Crippen LogP contribution in [0.15, 0.2) is 34.6 Å². The summed E-state index contributed by atoms with van der Waals surface area (Å²) < 4.78 is 1.52. The number of hydrogen-bond donors (Lipinski definition) is 0. The van der Waals surface area contributed by atoms with Gasteiger partial charge in [0.1, 0.15) is 0 Å². The summed E-state index contributed by atoms with van der Waals surface area (Å²) in [6.45, 7) is 1.03. The van der Waals surface area contributed by atoms with Crippen molar-refractivity contribution in [1.29, 1.82) is 0 Å². The van der Waals surface area contributed by atoms with Crippen molar-refractivity contribution in [2.45, 2.75) is 6.42 Å². The quantitative estimate of drug-likeness (QED) is 0.818. The smallest absolute Gasteiger partial charge is 0.0452 e. The van der Waals surface area contributed by atoms with Gasteiger partial charge in [0, 0.05) is 10.8 Å². The van der Waals surface area contributed by atoms with Crippen molar-refractivity contribution in [1.82, 2.24) is 4.90 Å². The maximum absolute atomic E-state index is 2.26. The topological polar surface area (TPSA) is 3.24 Å². The Labute approximate surface area is 113 Å². The van der Waals surface area contributed by atoms with Gasteiger partial charge in [-0.15, -0.1) is 23.5 Å². The van der Waals surface area contributed by atoms with Gasteiger partial charge in [0.2, 0.25) is 0 Å². The number of rotatable bonds is 3. The van der Waals surface area contributed by atoms with Gasteiger partial charge < -0.3 is 4.90 Å². The largest absolute Gasteiger partial charge is 0.305 e. The summed E-state index contributed by atoms with van der Waals surface area (Å²) in [6, 6.07) is 10.8. The first-order valence-electron chi connectivity index (χ1n) is 5.96. The van der Waals surface area contributed by atoms with Crippen LogP contribution in [0.4, 0.5) is 0 Å². The highest BCUT2D eigenvalue weighted by Crippen LogP contribution is 2.40. The molecule has 1 aliphatic rings. The van der Waals surface area contributed by atoms with E-state index in [1.54, 1.807) is 0 Å². The minimum Gasteiger partial charge on any atom is -0.305 e. The molecule has 2 rings (SSSR count). The summed E-state index contributed by atoms with van der Waals surface area (Å²) in [5.74, 6) is 2.54. The van der Waals surface area contributed by atoms with E-state index in [1.165, 1.54) is 33.3 Å². The van der Waals surface area contributed by atoms with E-state index in [0.29, 0.717) is 0 Å². The summed E-state index contributed by atoms with van der Waals surface area (Å²) in [7, 11) is 4.28. The molecule has 1 aromatic rings. The van der Waals surface area contributed by atoms with Gasteiger partial charge in [-0.3, -0.25) is 0 Å². The molecule has 1 aromatic carbocycles. The third kappa shape index (κ3) is 3.80. The molecule has 1 saturated heterocycles. The fraction of sp³-hybridized carbons (Fsp3) is 0.429. The SMILES string of the molecule is CN(C)CC(=C1SCCCS1)c1ccccc1. The average molecular weight is 265 g/mol. The third-order valence-corrected chi connectivity index (χ3v) is 5.31. The number of thioether (sulfide) groups is 2. The molecule has 0 aliphatic carbocycles. The van der Waals surface area contributed by atoms with E-state index >= 15 is 0 Å². The minimum atomic E-state index is 1.03. The first-order chi connectivity index (χ1) is 8.27. The molecule has 0 bridgehead atoms. The van der Waals surface area contributed by atoms with Crippen molar-refractivity contribution in [3.05, 3.63) is 40.1 Å². The summed E-state index contributed by atoms with van der Waals surface area (Å²) in [4.78, 5) is 2.26. The van der Waals surface area contributed by atoms with Gasteiger partial charge in [0.05, 0.1) is 0 Å². The lowest BCUT2D eigenvalue weighted by Crippen LogP contribution is -2.15. The van der Waals surface area contributed by atoms with E-state index in [9.17, 15) is 0 Å². The first kappa shape index (κ1) is 13.1. The second-order valence-electron chi connectivity index (χ2n) is 4.42. The molecule has 1 fully saturated rings. The number of likely N-dealkylation sites (N-methyl/N-ethyl adjacent to an activating group) is 1. The van der Waals surface area contributed by atoms with Gasteiger partial charge >= 0.3 is 0 Å². The summed E-state index contributed by atoms with van der Waals surface area (Å²) in [6.07, 6.45) is 1.34. The highest BCUT2D eigenvalue weighted by atomic mass is 32.2. The Morgan fingerprint density at radius 3 is 2.35 bits per heavy atom. The fourth-order valence-corrected chi connectivity index (χ4v) is 4.51. The Morgan fingerprint density at radius 1 is 1.12 bits per heavy atom. The highest BCUT2D eigenvalue weighted by Gasteiger charge is 2.14. The maximum atomic E-state index is 2.26. The van der Waals surface area contributed by atoms with Crippen molar-refractivity contribution < 1.29 is 0 Å². The fourth-order valence-electron chi connectivity index (χ4n) is 1.83. The van der Waals surface area contributed by atoms with Gasteiger partial charge in [-0.1, -0.05) is 30.3 Å². The molecule has 0 atom stereocenters. The number of hydrogen-bond acceptors (Lipinski definition) is 3. The molecule has 1 nitrogen and oxygen atoms in total. The van der Waals surface area contributed by atoms with Gasteiger partial charge in [-0.05, 0) is 43.2 Å². The molecule has 0 saturated carbocycles. The van der Waals surface area contributed by atoms with Gasteiger partial charge in [0.25, 0.3) is 0 Å². The molecule has 0 spiro atoms. The summed E-state index contributed by atoms with van der Waals surface area (Å²) in [5.41, 5.74) is 2.86. The lowest BCUT2D eigenvalue weighted by Gasteiger charge is -2.21. The van der Waals surface area contributed by atoms with Crippen molar-refractivity contribution >= 4 is 29.1 Å². The van der Waals surface area contributed by atoms with Crippen molar-refractivity contribution in [3.63, 3.8) is 0 Å². The molecular formula is C14H19NS2. The normalized spacial score (nSPS) is 16.3. The molecular weight excluding hydrogens is 246 g/mol. The monoisotopic (exact) mass is 265 g/mol. The maximum Gasteiger partial charge on any atom is 0.0452 e. The van der Waals surface area contributed by atoms with Crippen molar-refractivity contribution in [3.8, 4) is 0 Å². The van der Waals surface area contributed by atoms with Crippen LogP contribution in [0.1, 0.15) is 12.0 Å². The van der Waals surface area contributed by atoms with E-state index < -0.39 is 0 Å².